The minimum absolute atomic E-state index is 0.0104. The highest BCUT2D eigenvalue weighted by molar-refractivity contribution is 6.31. The van der Waals surface area contributed by atoms with Gasteiger partial charge in [0.05, 0.1) is 23.4 Å². The minimum Gasteiger partial charge on any atom is -0.456 e. The number of amides is 1. The van der Waals surface area contributed by atoms with Crippen molar-refractivity contribution in [3.8, 4) is 6.07 Å². The molecular formula is C29H20ClFN4O3. The molecule has 7 nitrogen and oxygen atoms in total. The van der Waals surface area contributed by atoms with Gasteiger partial charge in [-0.3, -0.25) is 9.69 Å². The Morgan fingerprint density at radius 1 is 1.13 bits per heavy atom. The maximum atomic E-state index is 14.5. The number of para-hydroxylation sites is 1. The Balaban J connectivity index is 1.60. The topological polar surface area (TPSA) is 99.7 Å². The Labute approximate surface area is 222 Å². The van der Waals surface area contributed by atoms with E-state index >= 15 is 0 Å². The van der Waals surface area contributed by atoms with Crippen LogP contribution in [0.5, 0.6) is 0 Å². The smallest absolute Gasteiger partial charge is 0.338 e. The number of esters is 1. The Kier molecular flexibility index (Phi) is 5.30. The van der Waals surface area contributed by atoms with Gasteiger partial charge in [-0.05, 0) is 48.4 Å². The quantitative estimate of drug-likeness (QED) is 0.501. The summed E-state index contributed by atoms with van der Waals surface area (Å²) in [5.74, 6) is -1.59. The average molecular weight is 527 g/mol. The number of hydrogen-bond acceptors (Lipinski definition) is 6. The zero-order chi connectivity index (χ0) is 26.8. The zero-order valence-corrected chi connectivity index (χ0v) is 20.9. The molecule has 6 rings (SSSR count). The lowest BCUT2D eigenvalue weighted by Gasteiger charge is -2.38. The van der Waals surface area contributed by atoms with Gasteiger partial charge in [-0.25, -0.2) is 9.18 Å². The molecule has 3 aliphatic rings. The molecule has 3 aromatic rings. The van der Waals surface area contributed by atoms with E-state index in [1.165, 1.54) is 17.0 Å². The van der Waals surface area contributed by atoms with Crippen molar-refractivity contribution in [2.75, 3.05) is 16.4 Å². The number of anilines is 2. The second-order valence-electron chi connectivity index (χ2n) is 9.32. The third kappa shape index (κ3) is 3.12. The Hall–Kier alpha value is -4.61. The van der Waals surface area contributed by atoms with Crippen molar-refractivity contribution in [2.45, 2.75) is 18.9 Å². The summed E-state index contributed by atoms with van der Waals surface area (Å²) in [4.78, 5) is 30.9. The SMILES string of the molecule is Cc1ccc(N2C(N)=C(C#N)C3(C(=O)N(Cc4ccc(F)cc4)c4ccccc43)C3=C2COC3=O)cc1Cl. The Bertz CT molecular complexity index is 1660. The van der Waals surface area contributed by atoms with Crippen LogP contribution in [0.3, 0.4) is 0 Å². The van der Waals surface area contributed by atoms with Crippen molar-refractivity contribution in [2.24, 2.45) is 5.73 Å². The van der Waals surface area contributed by atoms with Gasteiger partial charge in [-0.2, -0.15) is 5.26 Å². The Morgan fingerprint density at radius 3 is 2.58 bits per heavy atom. The van der Waals surface area contributed by atoms with E-state index in [2.05, 4.69) is 6.07 Å². The Morgan fingerprint density at radius 2 is 1.87 bits per heavy atom. The lowest BCUT2D eigenvalue weighted by molar-refractivity contribution is -0.137. The molecule has 1 amide bonds. The highest BCUT2D eigenvalue weighted by atomic mass is 35.5. The first-order valence-corrected chi connectivity index (χ1v) is 12.2. The van der Waals surface area contributed by atoms with Crippen LogP contribution >= 0.6 is 11.6 Å². The number of carbonyl (C=O) groups excluding carboxylic acids is 2. The lowest BCUT2D eigenvalue weighted by atomic mass is 9.67. The summed E-state index contributed by atoms with van der Waals surface area (Å²) in [6.07, 6.45) is 0. The fraction of sp³-hybridized carbons (Fsp3) is 0.138. The molecule has 3 aliphatic heterocycles. The van der Waals surface area contributed by atoms with Crippen LogP contribution in [0.4, 0.5) is 15.8 Å². The molecule has 0 saturated heterocycles. The number of halogens is 2. The molecule has 0 saturated carbocycles. The summed E-state index contributed by atoms with van der Waals surface area (Å²) in [7, 11) is 0. The number of benzene rings is 3. The molecule has 9 heteroatoms. The molecular weight excluding hydrogens is 507 g/mol. The van der Waals surface area contributed by atoms with Crippen LogP contribution in [-0.2, 0) is 26.3 Å². The molecule has 38 heavy (non-hydrogen) atoms. The van der Waals surface area contributed by atoms with Crippen LogP contribution in [0, 0.1) is 24.1 Å². The number of hydrogen-bond donors (Lipinski definition) is 1. The molecule has 0 bridgehead atoms. The zero-order valence-electron chi connectivity index (χ0n) is 20.2. The van der Waals surface area contributed by atoms with Crippen LogP contribution < -0.4 is 15.5 Å². The lowest BCUT2D eigenvalue weighted by Crippen LogP contribution is -2.50. The molecule has 0 radical (unpaired) electrons. The van der Waals surface area contributed by atoms with Crippen molar-refractivity contribution >= 4 is 34.9 Å². The number of nitrogens with two attached hydrogens (primary N) is 1. The van der Waals surface area contributed by atoms with E-state index in [4.69, 9.17) is 22.1 Å². The summed E-state index contributed by atoms with van der Waals surface area (Å²) in [6.45, 7) is 1.83. The van der Waals surface area contributed by atoms with E-state index in [1.54, 1.807) is 59.5 Å². The van der Waals surface area contributed by atoms with Gasteiger partial charge in [0.25, 0.3) is 0 Å². The van der Waals surface area contributed by atoms with Gasteiger partial charge in [0.2, 0.25) is 5.91 Å². The van der Waals surface area contributed by atoms with Crippen LogP contribution in [-0.4, -0.2) is 18.5 Å². The van der Waals surface area contributed by atoms with Crippen LogP contribution in [0.2, 0.25) is 5.02 Å². The number of rotatable bonds is 3. The van der Waals surface area contributed by atoms with Crippen molar-refractivity contribution in [3.63, 3.8) is 0 Å². The predicted molar refractivity (Wildman–Crippen MR) is 139 cm³/mol. The molecule has 188 valence electrons. The number of fused-ring (bicyclic) bond motifs is 3. The molecule has 0 aliphatic carbocycles. The van der Waals surface area contributed by atoms with Crippen molar-refractivity contribution in [1.82, 2.24) is 0 Å². The summed E-state index contributed by atoms with van der Waals surface area (Å²) in [6, 6.07) is 20.2. The van der Waals surface area contributed by atoms with Gasteiger partial charge in [0.1, 0.15) is 29.7 Å². The second-order valence-corrected chi connectivity index (χ2v) is 9.73. The van der Waals surface area contributed by atoms with Crippen LogP contribution in [0.15, 0.2) is 89.4 Å². The van der Waals surface area contributed by atoms with Gasteiger partial charge < -0.3 is 15.4 Å². The van der Waals surface area contributed by atoms with E-state index in [0.29, 0.717) is 33.2 Å². The standard InChI is InChI=1S/C29H20ClFN4O3/c1-16-6-11-19(12-22(16)30)35-24-15-38-27(36)25(24)29(21(13-32)26(35)33)20-4-2-3-5-23(20)34(28(29)37)14-17-7-9-18(31)10-8-17/h2-12H,14-15,33H2,1H3. The molecule has 2 N–H and O–H groups in total. The maximum absolute atomic E-state index is 14.5. The molecule has 0 fully saturated rings. The normalized spacial score (nSPS) is 20.2. The third-order valence-electron chi connectivity index (χ3n) is 7.29. The van der Waals surface area contributed by atoms with Crippen molar-refractivity contribution in [3.05, 3.63) is 117 Å². The molecule has 3 aromatic carbocycles. The van der Waals surface area contributed by atoms with Crippen molar-refractivity contribution < 1.29 is 18.7 Å². The van der Waals surface area contributed by atoms with Gasteiger partial charge in [-0.15, -0.1) is 0 Å². The van der Waals surface area contributed by atoms with Crippen molar-refractivity contribution in [1.29, 1.82) is 5.26 Å². The van der Waals surface area contributed by atoms with Gasteiger partial charge >= 0.3 is 5.97 Å². The number of ether oxygens (including phenoxy) is 1. The number of aryl methyl sites for hydroxylation is 1. The third-order valence-corrected chi connectivity index (χ3v) is 7.70. The molecule has 0 aromatic heterocycles. The summed E-state index contributed by atoms with van der Waals surface area (Å²) < 4.78 is 19.0. The van der Waals surface area contributed by atoms with E-state index < -0.39 is 23.1 Å². The van der Waals surface area contributed by atoms with Gasteiger partial charge in [0, 0.05) is 22.0 Å². The predicted octanol–water partition coefficient (Wildman–Crippen LogP) is 4.60. The second kappa shape index (κ2) is 8.47. The maximum Gasteiger partial charge on any atom is 0.338 e. The fourth-order valence-corrected chi connectivity index (χ4v) is 5.71. The van der Waals surface area contributed by atoms with E-state index in [-0.39, 0.29) is 30.1 Å². The molecule has 1 spiro atoms. The largest absolute Gasteiger partial charge is 0.456 e. The number of nitrogens with zero attached hydrogens (tertiary/aromatic N) is 3. The minimum atomic E-state index is -1.79. The first kappa shape index (κ1) is 23.8. The first-order chi connectivity index (χ1) is 18.3. The van der Waals surface area contributed by atoms with E-state index in [1.807, 2.05) is 6.92 Å². The summed E-state index contributed by atoms with van der Waals surface area (Å²) >= 11 is 6.39. The summed E-state index contributed by atoms with van der Waals surface area (Å²) in [5.41, 5.74) is 8.28. The van der Waals surface area contributed by atoms with Crippen LogP contribution in [0.25, 0.3) is 0 Å². The van der Waals surface area contributed by atoms with Gasteiger partial charge in [0.15, 0.2) is 0 Å². The summed E-state index contributed by atoms with van der Waals surface area (Å²) in [5, 5.41) is 11.0. The van der Waals surface area contributed by atoms with E-state index in [9.17, 15) is 19.2 Å². The highest BCUT2D eigenvalue weighted by Crippen LogP contribution is 2.56. The number of carbonyl (C=O) groups is 2. The average Bonchev–Trinajstić information content (AvgIpc) is 3.40. The molecule has 1 unspecified atom stereocenters. The van der Waals surface area contributed by atoms with E-state index in [0.717, 1.165) is 5.56 Å². The fourth-order valence-electron chi connectivity index (χ4n) is 5.54. The van der Waals surface area contributed by atoms with Crippen LogP contribution in [0.1, 0.15) is 16.7 Å². The monoisotopic (exact) mass is 526 g/mol. The number of cyclic esters (lactones) is 1. The van der Waals surface area contributed by atoms with Gasteiger partial charge in [-0.1, -0.05) is 48.0 Å². The highest BCUT2D eigenvalue weighted by Gasteiger charge is 2.63. The first-order valence-electron chi connectivity index (χ1n) is 11.8. The molecule has 3 heterocycles. The number of nitriles is 1. The molecule has 1 atom stereocenters.